The Morgan fingerprint density at radius 2 is 1.18 bits per heavy atom. The standard InChI is InChI=1S/C31H33N5S2/c1-20(2)18-35-24(14-22(5)16-32)6-8-26(35)28-10-12-30(37-28)31-13-11-29(38-31)27-9-7-25(15-23(34)17-33)36(27)19-21(3)4/h6-15,20-21H,18-19,34H2,1-5H3/b22-14-,23-15+. The first-order valence-corrected chi connectivity index (χ1v) is 14.4. The Morgan fingerprint density at radius 1 is 0.737 bits per heavy atom. The van der Waals surface area contributed by atoms with Gasteiger partial charge in [-0.2, -0.15) is 10.5 Å². The van der Waals surface area contributed by atoms with Crippen LogP contribution in [0.1, 0.15) is 46.0 Å². The molecule has 5 nitrogen and oxygen atoms in total. The van der Waals surface area contributed by atoms with Crippen molar-refractivity contribution in [3.05, 3.63) is 71.2 Å². The zero-order valence-electron chi connectivity index (χ0n) is 22.5. The molecule has 0 spiro atoms. The smallest absolute Gasteiger partial charge is 0.117 e. The first-order valence-electron chi connectivity index (χ1n) is 12.8. The fourth-order valence-corrected chi connectivity index (χ4v) is 6.62. The van der Waals surface area contributed by atoms with Gasteiger partial charge >= 0.3 is 0 Å². The van der Waals surface area contributed by atoms with Crippen molar-refractivity contribution < 1.29 is 0 Å². The Kier molecular flexibility index (Phi) is 8.42. The molecule has 38 heavy (non-hydrogen) atoms. The monoisotopic (exact) mass is 539 g/mol. The van der Waals surface area contributed by atoms with E-state index in [2.05, 4.69) is 85.4 Å². The Labute approximate surface area is 233 Å². The van der Waals surface area contributed by atoms with Crippen LogP contribution < -0.4 is 5.73 Å². The number of nitrogens with two attached hydrogens (primary N) is 1. The number of aromatic nitrogens is 2. The van der Waals surface area contributed by atoms with Crippen LogP contribution in [-0.4, -0.2) is 9.13 Å². The average Bonchev–Trinajstić information content (AvgIpc) is 3.66. The van der Waals surface area contributed by atoms with E-state index in [1.54, 1.807) is 28.7 Å². The first-order chi connectivity index (χ1) is 18.2. The zero-order valence-corrected chi connectivity index (χ0v) is 24.2. The van der Waals surface area contributed by atoms with Crippen LogP contribution in [0.2, 0.25) is 0 Å². The quantitative estimate of drug-likeness (QED) is 0.216. The van der Waals surface area contributed by atoms with Crippen LogP contribution in [0, 0.1) is 34.5 Å². The largest absolute Gasteiger partial charge is 0.390 e. The third-order valence-electron chi connectivity index (χ3n) is 6.06. The number of hydrogen-bond acceptors (Lipinski definition) is 5. The fraction of sp³-hybridized carbons (Fsp3) is 0.290. The molecule has 0 saturated carbocycles. The van der Waals surface area contributed by atoms with Crippen molar-refractivity contribution in [2.24, 2.45) is 17.6 Å². The molecule has 2 N–H and O–H groups in total. The summed E-state index contributed by atoms with van der Waals surface area (Å²) in [5.74, 6) is 0.940. The minimum absolute atomic E-state index is 0.210. The second-order valence-corrected chi connectivity index (χ2v) is 12.4. The van der Waals surface area contributed by atoms with Gasteiger partial charge in [-0.25, -0.2) is 0 Å². The Hall–Kier alpha value is -3.78. The highest BCUT2D eigenvalue weighted by molar-refractivity contribution is 7.25. The summed E-state index contributed by atoms with van der Waals surface area (Å²) in [5, 5.41) is 18.4. The van der Waals surface area contributed by atoms with Crippen LogP contribution in [0.4, 0.5) is 0 Å². The highest BCUT2D eigenvalue weighted by atomic mass is 32.1. The third-order valence-corrected chi connectivity index (χ3v) is 8.47. The predicted octanol–water partition coefficient (Wildman–Crippen LogP) is 8.48. The van der Waals surface area contributed by atoms with Crippen molar-refractivity contribution in [1.82, 2.24) is 9.13 Å². The average molecular weight is 540 g/mol. The van der Waals surface area contributed by atoms with Crippen molar-refractivity contribution in [1.29, 1.82) is 10.5 Å². The summed E-state index contributed by atoms with van der Waals surface area (Å²) in [5.41, 5.74) is 11.1. The van der Waals surface area contributed by atoms with Gasteiger partial charge < -0.3 is 14.9 Å². The van der Waals surface area contributed by atoms with E-state index in [4.69, 9.17) is 11.0 Å². The van der Waals surface area contributed by atoms with E-state index in [-0.39, 0.29) is 5.70 Å². The van der Waals surface area contributed by atoms with E-state index in [0.29, 0.717) is 17.4 Å². The molecule has 0 bridgehead atoms. The molecule has 0 aliphatic rings. The summed E-state index contributed by atoms with van der Waals surface area (Å²) in [6, 6.07) is 21.5. The molecule has 0 fully saturated rings. The SMILES string of the molecule is C/C(C#N)=C/c1ccc(-c2ccc(-c3ccc(-c4ccc(/C=C(/N)C#N)n4CC(C)C)s3)s2)n1CC(C)C. The van der Waals surface area contributed by atoms with Gasteiger partial charge in [0.1, 0.15) is 11.8 Å². The molecule has 0 aliphatic heterocycles. The number of allylic oxidation sites excluding steroid dienone is 2. The molecule has 0 aromatic carbocycles. The lowest BCUT2D eigenvalue weighted by atomic mass is 10.2. The molecule has 0 saturated heterocycles. The molecule has 0 aliphatic carbocycles. The topological polar surface area (TPSA) is 83.5 Å². The minimum atomic E-state index is 0.210. The summed E-state index contributed by atoms with van der Waals surface area (Å²) in [7, 11) is 0. The molecule has 0 atom stereocenters. The molecule has 0 radical (unpaired) electrons. The lowest BCUT2D eigenvalue weighted by molar-refractivity contribution is 0.526. The van der Waals surface area contributed by atoms with Gasteiger partial charge in [-0.15, -0.1) is 22.7 Å². The molecule has 194 valence electrons. The Morgan fingerprint density at radius 3 is 1.61 bits per heavy atom. The number of thiophene rings is 2. The van der Waals surface area contributed by atoms with E-state index in [1.165, 1.54) is 25.2 Å². The van der Waals surface area contributed by atoms with Gasteiger partial charge in [0.15, 0.2) is 0 Å². The van der Waals surface area contributed by atoms with E-state index in [9.17, 15) is 5.26 Å². The van der Waals surface area contributed by atoms with Gasteiger partial charge in [0.25, 0.3) is 0 Å². The van der Waals surface area contributed by atoms with E-state index in [0.717, 1.165) is 30.2 Å². The molecule has 7 heteroatoms. The summed E-state index contributed by atoms with van der Waals surface area (Å²) in [6.45, 7) is 12.4. The predicted molar refractivity (Wildman–Crippen MR) is 161 cm³/mol. The molecular formula is C31H33N5S2. The van der Waals surface area contributed by atoms with Crippen LogP contribution in [-0.2, 0) is 13.1 Å². The van der Waals surface area contributed by atoms with Crippen LogP contribution in [0.25, 0.3) is 43.0 Å². The second-order valence-electron chi connectivity index (χ2n) is 10.3. The highest BCUT2D eigenvalue weighted by Crippen LogP contribution is 2.41. The van der Waals surface area contributed by atoms with Gasteiger partial charge in [0, 0.05) is 39.8 Å². The number of rotatable bonds is 9. The third kappa shape index (κ3) is 6.02. The molecule has 4 aromatic heterocycles. The summed E-state index contributed by atoms with van der Waals surface area (Å²) in [4.78, 5) is 4.86. The van der Waals surface area contributed by atoms with Crippen LogP contribution >= 0.6 is 22.7 Å². The molecule has 4 heterocycles. The molecular weight excluding hydrogens is 507 g/mol. The first kappa shape index (κ1) is 27.3. The molecule has 0 amide bonds. The van der Waals surface area contributed by atoms with Crippen LogP contribution in [0.3, 0.4) is 0 Å². The van der Waals surface area contributed by atoms with Gasteiger partial charge in [-0.05, 0) is 79.4 Å². The normalized spacial score (nSPS) is 12.3. The molecule has 0 unspecified atom stereocenters. The fourth-order valence-electron chi connectivity index (χ4n) is 4.45. The van der Waals surface area contributed by atoms with Gasteiger partial charge in [-0.1, -0.05) is 27.7 Å². The minimum Gasteiger partial charge on any atom is -0.390 e. The maximum Gasteiger partial charge on any atom is 0.117 e. The van der Waals surface area contributed by atoms with Crippen molar-refractivity contribution in [3.63, 3.8) is 0 Å². The van der Waals surface area contributed by atoms with E-state index in [1.807, 2.05) is 25.1 Å². The van der Waals surface area contributed by atoms with Crippen molar-refractivity contribution in [3.8, 4) is 43.0 Å². The lowest BCUT2D eigenvalue weighted by Gasteiger charge is -2.14. The lowest BCUT2D eigenvalue weighted by Crippen LogP contribution is -2.08. The summed E-state index contributed by atoms with van der Waals surface area (Å²) < 4.78 is 4.57. The molecule has 4 aromatic rings. The van der Waals surface area contributed by atoms with Gasteiger partial charge in [-0.3, -0.25) is 0 Å². The number of nitrogens with zero attached hydrogens (tertiary/aromatic N) is 4. The number of nitriles is 2. The zero-order chi connectivity index (χ0) is 27.4. The van der Waals surface area contributed by atoms with Gasteiger partial charge in [0.2, 0.25) is 0 Å². The van der Waals surface area contributed by atoms with Crippen LogP contribution in [0.15, 0.2) is 59.8 Å². The second kappa shape index (κ2) is 11.7. The maximum absolute atomic E-state index is 9.27. The van der Waals surface area contributed by atoms with Gasteiger partial charge in [0.05, 0.1) is 27.2 Å². The maximum atomic E-state index is 9.27. The summed E-state index contributed by atoms with van der Waals surface area (Å²) in [6.07, 6.45) is 3.71. The van der Waals surface area contributed by atoms with Crippen molar-refractivity contribution in [2.75, 3.05) is 0 Å². The van der Waals surface area contributed by atoms with Crippen molar-refractivity contribution in [2.45, 2.75) is 47.7 Å². The van der Waals surface area contributed by atoms with Crippen LogP contribution in [0.5, 0.6) is 0 Å². The van der Waals surface area contributed by atoms with E-state index >= 15 is 0 Å². The number of hydrogen-bond donors (Lipinski definition) is 1. The van der Waals surface area contributed by atoms with Crippen molar-refractivity contribution >= 4 is 34.8 Å². The molecule has 4 rings (SSSR count). The Bertz CT molecular complexity index is 1450. The van der Waals surface area contributed by atoms with E-state index < -0.39 is 0 Å². The Balaban J connectivity index is 1.68. The summed E-state index contributed by atoms with van der Waals surface area (Å²) >= 11 is 3.57. The highest BCUT2D eigenvalue weighted by Gasteiger charge is 2.16.